The minimum atomic E-state index is -1.01. The lowest BCUT2D eigenvalue weighted by molar-refractivity contribution is 0.0696. The van der Waals surface area contributed by atoms with Crippen LogP contribution < -0.4 is 5.56 Å². The predicted molar refractivity (Wildman–Crippen MR) is 133 cm³/mol. The zero-order chi connectivity index (χ0) is 23.5. The van der Waals surface area contributed by atoms with Gasteiger partial charge in [0.25, 0.3) is 5.56 Å². The Hall–Kier alpha value is -3.51. The molecule has 0 aliphatic heterocycles. The van der Waals surface area contributed by atoms with E-state index in [0.29, 0.717) is 23.9 Å². The summed E-state index contributed by atoms with van der Waals surface area (Å²) in [6.45, 7) is 2.10. The summed E-state index contributed by atoms with van der Waals surface area (Å²) in [4.78, 5) is 38.3. The summed E-state index contributed by atoms with van der Waals surface area (Å²) in [5, 5.41) is 10.4. The molecule has 3 aromatic carbocycles. The number of hydrogen-bond donors (Lipinski definition) is 1. The zero-order valence-electron chi connectivity index (χ0n) is 18.0. The SMILES string of the molecule is CCCC(=O)c1c(-c2ccccc2)c2cc(Br)ccc2c(=O)n1Cc1ccc(C(=O)O)cc1. The highest BCUT2D eigenvalue weighted by Gasteiger charge is 2.23. The number of halogens is 1. The molecule has 166 valence electrons. The summed E-state index contributed by atoms with van der Waals surface area (Å²) in [6.07, 6.45) is 0.974. The first-order valence-electron chi connectivity index (χ1n) is 10.7. The maximum Gasteiger partial charge on any atom is 0.335 e. The van der Waals surface area contributed by atoms with E-state index in [9.17, 15) is 19.5 Å². The van der Waals surface area contributed by atoms with Gasteiger partial charge in [0.1, 0.15) is 0 Å². The second kappa shape index (κ2) is 9.55. The van der Waals surface area contributed by atoms with E-state index < -0.39 is 5.97 Å². The predicted octanol–water partition coefficient (Wildman–Crippen LogP) is 6.16. The van der Waals surface area contributed by atoms with Crippen LogP contribution in [-0.2, 0) is 6.54 Å². The van der Waals surface area contributed by atoms with Gasteiger partial charge in [-0.25, -0.2) is 4.79 Å². The number of aromatic carboxylic acids is 1. The minimum absolute atomic E-state index is 0.0996. The van der Waals surface area contributed by atoms with E-state index in [4.69, 9.17) is 0 Å². The van der Waals surface area contributed by atoms with E-state index in [1.807, 2.05) is 49.4 Å². The third kappa shape index (κ3) is 4.52. The number of aromatic nitrogens is 1. The average Bonchev–Trinajstić information content (AvgIpc) is 2.81. The van der Waals surface area contributed by atoms with Crippen LogP contribution in [0.15, 0.2) is 82.1 Å². The molecule has 6 heteroatoms. The fraction of sp³-hybridized carbons (Fsp3) is 0.148. The summed E-state index contributed by atoms with van der Waals surface area (Å²) in [6, 6.07) is 21.5. The number of nitrogens with zero attached hydrogens (tertiary/aromatic N) is 1. The largest absolute Gasteiger partial charge is 0.478 e. The second-order valence-electron chi connectivity index (χ2n) is 7.85. The number of rotatable bonds is 7. The highest BCUT2D eigenvalue weighted by atomic mass is 79.9. The van der Waals surface area contributed by atoms with Crippen LogP contribution in [0.1, 0.15) is 46.2 Å². The van der Waals surface area contributed by atoms with E-state index in [2.05, 4.69) is 15.9 Å². The molecule has 1 heterocycles. The molecule has 4 rings (SSSR count). The standard InChI is InChI=1S/C27H22BrNO4/c1-2-6-23(30)25-24(18-7-4-3-5-8-18)22-15-20(28)13-14-21(22)26(31)29(25)16-17-9-11-19(12-10-17)27(32)33/h3-5,7-15H,2,6,16H2,1H3,(H,32,33). The van der Waals surface area contributed by atoms with Gasteiger partial charge in [-0.2, -0.15) is 0 Å². The Bertz CT molecular complexity index is 1410. The van der Waals surface area contributed by atoms with Crippen molar-refractivity contribution in [1.82, 2.24) is 4.57 Å². The van der Waals surface area contributed by atoms with E-state index >= 15 is 0 Å². The maximum atomic E-state index is 13.6. The molecule has 0 atom stereocenters. The highest BCUT2D eigenvalue weighted by Crippen LogP contribution is 2.33. The van der Waals surface area contributed by atoms with Crippen LogP contribution in [0, 0.1) is 0 Å². The van der Waals surface area contributed by atoms with Gasteiger partial charge >= 0.3 is 5.97 Å². The number of carboxylic acid groups (broad SMARTS) is 1. The molecule has 0 aliphatic carbocycles. The number of benzene rings is 3. The Morgan fingerprint density at radius 2 is 1.64 bits per heavy atom. The van der Waals surface area contributed by atoms with Crippen LogP contribution in [0.4, 0.5) is 0 Å². The van der Waals surface area contributed by atoms with Crippen molar-refractivity contribution >= 4 is 38.5 Å². The number of fused-ring (bicyclic) bond motifs is 1. The van der Waals surface area contributed by atoms with E-state index in [0.717, 1.165) is 26.5 Å². The van der Waals surface area contributed by atoms with Gasteiger partial charge in [-0.1, -0.05) is 65.3 Å². The molecule has 0 spiro atoms. The van der Waals surface area contributed by atoms with Crippen molar-refractivity contribution in [1.29, 1.82) is 0 Å². The number of Topliss-reactive ketones (excluding diaryl/α,β-unsaturated/α-hetero) is 1. The first kappa shape index (κ1) is 22.7. The molecular weight excluding hydrogens is 482 g/mol. The van der Waals surface area contributed by atoms with Crippen LogP contribution >= 0.6 is 15.9 Å². The smallest absolute Gasteiger partial charge is 0.335 e. The van der Waals surface area contributed by atoms with Gasteiger partial charge in [-0.3, -0.25) is 14.2 Å². The Balaban J connectivity index is 2.04. The average molecular weight is 504 g/mol. The molecule has 1 aromatic heterocycles. The maximum absolute atomic E-state index is 13.6. The lowest BCUT2D eigenvalue weighted by atomic mass is 9.93. The van der Waals surface area contributed by atoms with Gasteiger partial charge in [-0.05, 0) is 53.3 Å². The van der Waals surface area contributed by atoms with Gasteiger partial charge in [0.2, 0.25) is 0 Å². The molecule has 0 saturated heterocycles. The third-order valence-electron chi connectivity index (χ3n) is 5.58. The summed E-state index contributed by atoms with van der Waals surface area (Å²) < 4.78 is 2.36. The van der Waals surface area contributed by atoms with Crippen LogP contribution in [-0.4, -0.2) is 21.4 Å². The van der Waals surface area contributed by atoms with Gasteiger partial charge < -0.3 is 5.11 Å². The number of carboxylic acids is 1. The van der Waals surface area contributed by atoms with Crippen molar-refractivity contribution < 1.29 is 14.7 Å². The summed E-state index contributed by atoms with van der Waals surface area (Å²) in [7, 11) is 0. The Morgan fingerprint density at radius 3 is 2.27 bits per heavy atom. The fourth-order valence-corrected chi connectivity index (χ4v) is 4.40. The molecule has 0 saturated carbocycles. The van der Waals surface area contributed by atoms with Crippen molar-refractivity contribution in [3.63, 3.8) is 0 Å². The van der Waals surface area contributed by atoms with Crippen molar-refractivity contribution in [2.45, 2.75) is 26.3 Å². The minimum Gasteiger partial charge on any atom is -0.478 e. The van der Waals surface area contributed by atoms with Crippen molar-refractivity contribution in [3.8, 4) is 11.1 Å². The molecule has 4 aromatic rings. The van der Waals surface area contributed by atoms with Gasteiger partial charge in [-0.15, -0.1) is 0 Å². The Labute approximate surface area is 199 Å². The first-order chi connectivity index (χ1) is 15.9. The first-order valence-corrected chi connectivity index (χ1v) is 11.5. The number of pyridine rings is 1. The van der Waals surface area contributed by atoms with E-state index in [1.54, 1.807) is 18.2 Å². The fourth-order valence-electron chi connectivity index (χ4n) is 4.04. The number of carbonyl (C=O) groups is 2. The van der Waals surface area contributed by atoms with Gasteiger partial charge in [0, 0.05) is 21.8 Å². The lowest BCUT2D eigenvalue weighted by Gasteiger charge is -2.20. The van der Waals surface area contributed by atoms with Crippen LogP contribution in [0.5, 0.6) is 0 Å². The van der Waals surface area contributed by atoms with Gasteiger partial charge in [0.15, 0.2) is 5.78 Å². The number of hydrogen-bond acceptors (Lipinski definition) is 3. The highest BCUT2D eigenvalue weighted by molar-refractivity contribution is 9.10. The number of carbonyl (C=O) groups excluding carboxylic acids is 1. The van der Waals surface area contributed by atoms with Gasteiger partial charge in [0.05, 0.1) is 17.8 Å². The molecule has 5 nitrogen and oxygen atoms in total. The molecule has 1 N–H and O–H groups in total. The summed E-state index contributed by atoms with van der Waals surface area (Å²) in [5.74, 6) is -1.11. The monoisotopic (exact) mass is 503 g/mol. The normalized spacial score (nSPS) is 11.0. The molecule has 33 heavy (non-hydrogen) atoms. The topological polar surface area (TPSA) is 76.4 Å². The molecule has 0 fully saturated rings. The lowest BCUT2D eigenvalue weighted by Crippen LogP contribution is -2.28. The van der Waals surface area contributed by atoms with Crippen LogP contribution in [0.25, 0.3) is 21.9 Å². The van der Waals surface area contributed by atoms with E-state index in [1.165, 1.54) is 16.7 Å². The molecule has 0 radical (unpaired) electrons. The van der Waals surface area contributed by atoms with Crippen molar-refractivity contribution in [2.24, 2.45) is 0 Å². The van der Waals surface area contributed by atoms with E-state index in [-0.39, 0.29) is 23.5 Å². The van der Waals surface area contributed by atoms with Crippen molar-refractivity contribution in [2.75, 3.05) is 0 Å². The van der Waals surface area contributed by atoms with Crippen LogP contribution in [0.2, 0.25) is 0 Å². The second-order valence-corrected chi connectivity index (χ2v) is 8.76. The van der Waals surface area contributed by atoms with Crippen LogP contribution in [0.3, 0.4) is 0 Å². The van der Waals surface area contributed by atoms with Crippen molar-refractivity contribution in [3.05, 3.63) is 104 Å². The summed E-state index contributed by atoms with van der Waals surface area (Å²) in [5.41, 5.74) is 2.62. The quantitative estimate of drug-likeness (QED) is 0.306. The molecule has 0 amide bonds. The molecule has 0 bridgehead atoms. The molecular formula is C27H22BrNO4. The third-order valence-corrected chi connectivity index (χ3v) is 6.07. The zero-order valence-corrected chi connectivity index (χ0v) is 19.6. The number of ketones is 1. The summed E-state index contributed by atoms with van der Waals surface area (Å²) >= 11 is 3.51. The Kier molecular flexibility index (Phi) is 6.56. The molecule has 0 aliphatic rings. The molecule has 0 unspecified atom stereocenters. The Morgan fingerprint density at radius 1 is 0.939 bits per heavy atom.